The number of nitrogens with zero attached hydrogens (tertiary/aromatic N) is 3. The highest BCUT2D eigenvalue weighted by molar-refractivity contribution is 6.00. The zero-order valence-electron chi connectivity index (χ0n) is 13.8. The van der Waals surface area contributed by atoms with Gasteiger partial charge in [0.25, 0.3) is 5.69 Å². The maximum Gasteiger partial charge on any atom is 0.269 e. The molecule has 2 N–H and O–H groups in total. The van der Waals surface area contributed by atoms with Crippen LogP contribution < -0.4 is 4.90 Å². The molecule has 2 aliphatic rings. The molecule has 4 rings (SSSR count). The van der Waals surface area contributed by atoms with Crippen LogP contribution >= 0.6 is 0 Å². The number of hydrogen-bond donors (Lipinski definition) is 2. The summed E-state index contributed by atoms with van der Waals surface area (Å²) < 4.78 is 0. The Hall–Kier alpha value is -3.13. The number of anilines is 1. The Morgan fingerprint density at radius 1 is 1.08 bits per heavy atom. The lowest BCUT2D eigenvalue weighted by Crippen LogP contribution is -2.32. The fraction of sp³-hybridized carbons (Fsp3) is 0.278. The van der Waals surface area contributed by atoms with Crippen molar-refractivity contribution in [3.8, 4) is 11.5 Å². The van der Waals surface area contributed by atoms with Gasteiger partial charge < -0.3 is 10.2 Å². The third-order valence-corrected chi connectivity index (χ3v) is 5.01. The SMILES string of the molecule is O=C1[C@@H]2CCCN2[C@@H](c2ccc(O)c(O)c2)N1c1ccc([N+](=O)[O-])cc1. The molecule has 134 valence electrons. The maximum absolute atomic E-state index is 13.0. The summed E-state index contributed by atoms with van der Waals surface area (Å²) in [4.78, 5) is 27.1. The van der Waals surface area contributed by atoms with Crippen LogP contribution in [0.1, 0.15) is 24.6 Å². The van der Waals surface area contributed by atoms with Crippen molar-refractivity contribution in [3.63, 3.8) is 0 Å². The minimum absolute atomic E-state index is 0.0419. The van der Waals surface area contributed by atoms with Crippen LogP contribution in [0.5, 0.6) is 11.5 Å². The zero-order chi connectivity index (χ0) is 18.4. The number of nitro benzene ring substituents is 1. The Labute approximate surface area is 149 Å². The molecular weight excluding hydrogens is 338 g/mol. The topological polar surface area (TPSA) is 107 Å². The molecule has 26 heavy (non-hydrogen) atoms. The van der Waals surface area contributed by atoms with E-state index in [-0.39, 0.29) is 29.1 Å². The third kappa shape index (κ3) is 2.46. The smallest absolute Gasteiger partial charge is 0.269 e. The van der Waals surface area contributed by atoms with Crippen LogP contribution in [0.4, 0.5) is 11.4 Å². The molecule has 2 fully saturated rings. The molecule has 0 aromatic heterocycles. The van der Waals surface area contributed by atoms with Crippen LogP contribution in [0.3, 0.4) is 0 Å². The number of amides is 1. The summed E-state index contributed by atoms with van der Waals surface area (Å²) in [6, 6.07) is 10.1. The highest BCUT2D eigenvalue weighted by Gasteiger charge is 2.49. The van der Waals surface area contributed by atoms with Crippen LogP contribution in [0.25, 0.3) is 0 Å². The molecule has 2 saturated heterocycles. The Balaban J connectivity index is 1.78. The molecule has 0 bridgehead atoms. The minimum Gasteiger partial charge on any atom is -0.504 e. The number of rotatable bonds is 3. The van der Waals surface area contributed by atoms with Gasteiger partial charge in [0.15, 0.2) is 11.5 Å². The highest BCUT2D eigenvalue weighted by Crippen LogP contribution is 2.44. The van der Waals surface area contributed by atoms with E-state index in [2.05, 4.69) is 4.90 Å². The van der Waals surface area contributed by atoms with Gasteiger partial charge in [-0.1, -0.05) is 6.07 Å². The average Bonchev–Trinajstić information content (AvgIpc) is 3.20. The summed E-state index contributed by atoms with van der Waals surface area (Å²) in [5, 5.41) is 30.3. The van der Waals surface area contributed by atoms with E-state index in [1.807, 2.05) is 0 Å². The van der Waals surface area contributed by atoms with Gasteiger partial charge in [-0.2, -0.15) is 0 Å². The van der Waals surface area contributed by atoms with Crippen molar-refractivity contribution in [2.75, 3.05) is 11.4 Å². The lowest BCUT2D eigenvalue weighted by atomic mass is 10.1. The van der Waals surface area contributed by atoms with Gasteiger partial charge in [-0.15, -0.1) is 0 Å². The maximum atomic E-state index is 13.0. The van der Waals surface area contributed by atoms with Crippen molar-refractivity contribution in [3.05, 3.63) is 58.1 Å². The van der Waals surface area contributed by atoms with Gasteiger partial charge in [0.1, 0.15) is 6.17 Å². The first-order valence-corrected chi connectivity index (χ1v) is 8.32. The van der Waals surface area contributed by atoms with Gasteiger partial charge in [0.05, 0.1) is 11.0 Å². The van der Waals surface area contributed by atoms with E-state index < -0.39 is 11.1 Å². The van der Waals surface area contributed by atoms with Crippen LogP contribution in [0.15, 0.2) is 42.5 Å². The molecule has 0 unspecified atom stereocenters. The lowest BCUT2D eigenvalue weighted by molar-refractivity contribution is -0.384. The van der Waals surface area contributed by atoms with Crippen molar-refractivity contribution >= 4 is 17.3 Å². The normalized spacial score (nSPS) is 22.6. The molecule has 8 heteroatoms. The fourth-order valence-corrected chi connectivity index (χ4v) is 3.82. The molecular formula is C18H17N3O5. The molecule has 2 heterocycles. The van der Waals surface area contributed by atoms with Gasteiger partial charge in [-0.05, 0) is 42.7 Å². The van der Waals surface area contributed by atoms with Gasteiger partial charge in [0, 0.05) is 24.4 Å². The average molecular weight is 355 g/mol. The fourth-order valence-electron chi connectivity index (χ4n) is 3.82. The van der Waals surface area contributed by atoms with Crippen molar-refractivity contribution in [2.24, 2.45) is 0 Å². The number of benzene rings is 2. The first kappa shape index (κ1) is 16.3. The number of aromatic hydroxyl groups is 2. The second kappa shape index (κ2) is 5.99. The monoisotopic (exact) mass is 355 g/mol. The van der Waals surface area contributed by atoms with E-state index in [0.29, 0.717) is 11.3 Å². The molecule has 8 nitrogen and oxygen atoms in total. The molecule has 2 aromatic carbocycles. The van der Waals surface area contributed by atoms with Gasteiger partial charge in [-0.25, -0.2) is 0 Å². The first-order valence-electron chi connectivity index (χ1n) is 8.32. The van der Waals surface area contributed by atoms with Crippen molar-refractivity contribution in [1.82, 2.24) is 4.90 Å². The Morgan fingerprint density at radius 3 is 2.46 bits per heavy atom. The Morgan fingerprint density at radius 2 is 1.81 bits per heavy atom. The summed E-state index contributed by atoms with van der Waals surface area (Å²) in [7, 11) is 0. The quantitative estimate of drug-likeness (QED) is 0.498. The molecule has 2 aliphatic heterocycles. The van der Waals surface area contributed by atoms with Crippen molar-refractivity contribution in [2.45, 2.75) is 25.0 Å². The number of nitro groups is 1. The van der Waals surface area contributed by atoms with E-state index in [4.69, 9.17) is 0 Å². The minimum atomic E-state index is -0.483. The van der Waals surface area contributed by atoms with Crippen LogP contribution in [0.2, 0.25) is 0 Å². The van der Waals surface area contributed by atoms with Crippen LogP contribution in [0, 0.1) is 10.1 Å². The summed E-state index contributed by atoms with van der Waals surface area (Å²) in [6.07, 6.45) is 1.23. The lowest BCUT2D eigenvalue weighted by Gasteiger charge is -2.29. The number of non-ortho nitro benzene ring substituents is 1. The molecule has 0 radical (unpaired) electrons. The Bertz CT molecular complexity index is 883. The molecule has 0 saturated carbocycles. The third-order valence-electron chi connectivity index (χ3n) is 5.01. The molecule has 2 aromatic rings. The molecule has 2 atom stereocenters. The van der Waals surface area contributed by atoms with E-state index in [1.54, 1.807) is 23.1 Å². The van der Waals surface area contributed by atoms with Gasteiger partial charge in [0.2, 0.25) is 5.91 Å². The van der Waals surface area contributed by atoms with Crippen molar-refractivity contribution in [1.29, 1.82) is 0 Å². The number of carbonyl (C=O) groups excluding carboxylic acids is 1. The predicted molar refractivity (Wildman–Crippen MR) is 92.8 cm³/mol. The van der Waals surface area contributed by atoms with E-state index in [0.717, 1.165) is 19.4 Å². The largest absolute Gasteiger partial charge is 0.504 e. The molecule has 0 spiro atoms. The number of phenolic OH excluding ortho intramolecular Hbond substituents is 2. The van der Waals surface area contributed by atoms with Gasteiger partial charge in [-0.3, -0.25) is 24.7 Å². The first-order chi connectivity index (χ1) is 12.5. The number of phenols is 2. The second-order valence-corrected chi connectivity index (χ2v) is 6.50. The van der Waals surface area contributed by atoms with E-state index >= 15 is 0 Å². The predicted octanol–water partition coefficient (Wildman–Crippen LogP) is 2.52. The van der Waals surface area contributed by atoms with E-state index in [1.165, 1.54) is 24.3 Å². The standard InChI is InChI=1S/C18H17N3O5/c22-15-8-3-11(10-16(15)23)17-19-9-1-2-14(19)18(24)20(17)12-4-6-13(7-5-12)21(25)26/h3-8,10,14,17,22-23H,1-2,9H2/t14-,17+/m0/s1. The number of hydrogen-bond acceptors (Lipinski definition) is 6. The molecule has 0 aliphatic carbocycles. The number of fused-ring (bicyclic) bond motifs is 1. The zero-order valence-corrected chi connectivity index (χ0v) is 13.8. The second-order valence-electron chi connectivity index (χ2n) is 6.50. The Kier molecular flexibility index (Phi) is 3.77. The van der Waals surface area contributed by atoms with Crippen LogP contribution in [-0.4, -0.2) is 38.5 Å². The van der Waals surface area contributed by atoms with E-state index in [9.17, 15) is 25.1 Å². The van der Waals surface area contributed by atoms with Crippen LogP contribution in [-0.2, 0) is 4.79 Å². The summed E-state index contributed by atoms with van der Waals surface area (Å²) in [5.74, 6) is -0.534. The van der Waals surface area contributed by atoms with Gasteiger partial charge >= 0.3 is 0 Å². The van der Waals surface area contributed by atoms with Crippen molar-refractivity contribution < 1.29 is 19.9 Å². The number of carbonyl (C=O) groups is 1. The summed E-state index contributed by atoms with van der Waals surface area (Å²) in [6.45, 7) is 0.742. The summed E-state index contributed by atoms with van der Waals surface area (Å²) >= 11 is 0. The summed E-state index contributed by atoms with van der Waals surface area (Å²) in [5.41, 5.74) is 1.20. The molecule has 1 amide bonds. The highest BCUT2D eigenvalue weighted by atomic mass is 16.6.